The van der Waals surface area contributed by atoms with Crippen LogP contribution >= 0.6 is 0 Å². The van der Waals surface area contributed by atoms with E-state index in [-0.39, 0.29) is 29.2 Å². The predicted octanol–water partition coefficient (Wildman–Crippen LogP) is 6.17. The highest BCUT2D eigenvalue weighted by atomic mass is 28.4. The number of ether oxygens (including phenoxy) is 1. The van der Waals surface area contributed by atoms with E-state index >= 15 is 0 Å². The van der Waals surface area contributed by atoms with Crippen LogP contribution in [0.4, 0.5) is 4.79 Å². The van der Waals surface area contributed by atoms with Gasteiger partial charge in [0.15, 0.2) is 8.32 Å². The highest BCUT2D eigenvalue weighted by Gasteiger charge is 2.47. The van der Waals surface area contributed by atoms with E-state index in [4.69, 9.17) is 9.16 Å². The minimum Gasteiger partial charge on any atom is -0.445 e. The maximum atomic E-state index is 12.9. The smallest absolute Gasteiger partial charge is 0.410 e. The van der Waals surface area contributed by atoms with Crippen LogP contribution in [0.25, 0.3) is 0 Å². The number of nitrogens with zero attached hydrogens (tertiary/aromatic N) is 1. The van der Waals surface area contributed by atoms with Gasteiger partial charge in [0, 0.05) is 12.5 Å². The standard InChI is InChI=1S/C25H37NO3Si/c1-7-11-23(29-30(5,6)25(2,3)4)21-16-20-14-15-22(21)26(17-20)24(27)28-18-19-12-9-8-10-13-19/h7-10,12-15,20-23H,1,11,16-18H2,2-6H3/t20-,21+,22+,23+/m1/s1. The normalized spacial score (nSPS) is 24.6. The Balaban J connectivity index is 1.73. The SMILES string of the molecule is C=CC[C@H](O[Si](C)(C)C(C)(C)C)[C@H]1C[C@H]2C=C[C@@H]1N(C(=O)OCc1ccccc1)C2. The van der Waals surface area contributed by atoms with Crippen LogP contribution in [0.1, 0.15) is 39.2 Å². The van der Waals surface area contributed by atoms with Gasteiger partial charge in [-0.1, -0.05) is 69.3 Å². The van der Waals surface area contributed by atoms with Gasteiger partial charge in [-0.25, -0.2) is 4.79 Å². The maximum absolute atomic E-state index is 12.9. The molecule has 1 amide bonds. The van der Waals surface area contributed by atoms with Gasteiger partial charge in [-0.3, -0.25) is 0 Å². The van der Waals surface area contributed by atoms with Crippen molar-refractivity contribution in [1.29, 1.82) is 0 Å². The number of amides is 1. The van der Waals surface area contributed by atoms with Gasteiger partial charge < -0.3 is 14.1 Å². The molecule has 4 rings (SSSR count). The van der Waals surface area contributed by atoms with Gasteiger partial charge in [0.2, 0.25) is 0 Å². The van der Waals surface area contributed by atoms with Crippen LogP contribution < -0.4 is 0 Å². The van der Waals surface area contributed by atoms with E-state index in [1.54, 1.807) is 0 Å². The zero-order valence-corrected chi connectivity index (χ0v) is 20.1. The molecule has 0 saturated carbocycles. The third-order valence-corrected chi connectivity index (χ3v) is 11.5. The van der Waals surface area contributed by atoms with Gasteiger partial charge in [0.25, 0.3) is 0 Å². The Morgan fingerprint density at radius 3 is 2.57 bits per heavy atom. The van der Waals surface area contributed by atoms with Crippen molar-refractivity contribution in [3.63, 3.8) is 0 Å². The first-order valence-electron chi connectivity index (χ1n) is 11.1. The predicted molar refractivity (Wildman–Crippen MR) is 125 cm³/mol. The summed E-state index contributed by atoms with van der Waals surface area (Å²) in [5.74, 6) is 0.629. The molecule has 4 atom stereocenters. The van der Waals surface area contributed by atoms with E-state index in [0.29, 0.717) is 12.5 Å². The number of piperidine rings is 1. The lowest BCUT2D eigenvalue weighted by atomic mass is 9.74. The average Bonchev–Trinajstić information content (AvgIpc) is 2.71. The molecule has 1 saturated heterocycles. The van der Waals surface area contributed by atoms with E-state index in [0.717, 1.165) is 24.9 Å². The van der Waals surface area contributed by atoms with Crippen LogP contribution in [-0.2, 0) is 15.8 Å². The summed E-state index contributed by atoms with van der Waals surface area (Å²) in [5, 5.41) is 0.143. The molecular formula is C25H37NO3Si. The number of hydrogen-bond donors (Lipinski definition) is 0. The highest BCUT2D eigenvalue weighted by Crippen LogP contribution is 2.43. The van der Waals surface area contributed by atoms with E-state index < -0.39 is 8.32 Å². The molecule has 0 unspecified atom stereocenters. The van der Waals surface area contributed by atoms with E-state index in [9.17, 15) is 4.79 Å². The number of carbonyl (C=O) groups is 1. The van der Waals surface area contributed by atoms with Crippen LogP contribution in [-0.4, -0.2) is 38.0 Å². The zero-order chi connectivity index (χ0) is 21.9. The Morgan fingerprint density at radius 2 is 1.97 bits per heavy atom. The summed E-state index contributed by atoms with van der Waals surface area (Å²) in [5.41, 5.74) is 1.01. The molecule has 1 aromatic rings. The summed E-state index contributed by atoms with van der Waals surface area (Å²) >= 11 is 0. The van der Waals surface area contributed by atoms with Crippen LogP contribution in [0.2, 0.25) is 18.1 Å². The van der Waals surface area contributed by atoms with Crippen molar-refractivity contribution in [3.05, 3.63) is 60.7 Å². The molecule has 2 bridgehead atoms. The molecule has 0 aromatic heterocycles. The molecule has 1 fully saturated rings. The van der Waals surface area contributed by atoms with Gasteiger partial charge in [-0.2, -0.15) is 0 Å². The fourth-order valence-corrected chi connectivity index (χ4v) is 5.61. The zero-order valence-electron chi connectivity index (χ0n) is 19.1. The molecule has 2 heterocycles. The number of carbonyl (C=O) groups excluding carboxylic acids is 1. The second-order valence-corrected chi connectivity index (χ2v) is 14.9. The summed E-state index contributed by atoms with van der Waals surface area (Å²) < 4.78 is 12.5. The molecule has 1 aliphatic carbocycles. The summed E-state index contributed by atoms with van der Waals surface area (Å²) in [6.07, 6.45) is 8.12. The van der Waals surface area contributed by atoms with E-state index in [1.165, 1.54) is 0 Å². The molecule has 4 nitrogen and oxygen atoms in total. The van der Waals surface area contributed by atoms with E-state index in [1.807, 2.05) is 41.3 Å². The lowest BCUT2D eigenvalue weighted by Crippen LogP contribution is -2.57. The summed E-state index contributed by atoms with van der Waals surface area (Å²) in [6.45, 7) is 16.4. The van der Waals surface area contributed by atoms with Crippen molar-refractivity contribution in [3.8, 4) is 0 Å². The molecule has 30 heavy (non-hydrogen) atoms. The molecule has 164 valence electrons. The molecule has 3 aliphatic rings. The average molecular weight is 428 g/mol. The topological polar surface area (TPSA) is 38.8 Å². The Morgan fingerprint density at radius 1 is 1.27 bits per heavy atom. The molecule has 2 aliphatic heterocycles. The molecule has 0 radical (unpaired) electrons. The van der Waals surface area contributed by atoms with Crippen molar-refractivity contribution in [2.24, 2.45) is 11.8 Å². The highest BCUT2D eigenvalue weighted by molar-refractivity contribution is 6.74. The number of benzene rings is 1. The van der Waals surface area contributed by atoms with Crippen molar-refractivity contribution < 1.29 is 14.0 Å². The first-order valence-corrected chi connectivity index (χ1v) is 14.0. The first kappa shape index (κ1) is 22.8. The fourth-order valence-electron chi connectivity index (χ4n) is 4.23. The molecular weight excluding hydrogens is 390 g/mol. The molecule has 0 N–H and O–H groups in total. The van der Waals surface area contributed by atoms with Crippen molar-refractivity contribution >= 4 is 14.4 Å². The fraction of sp³-hybridized carbons (Fsp3) is 0.560. The summed E-state index contributed by atoms with van der Waals surface area (Å²) in [4.78, 5) is 14.9. The van der Waals surface area contributed by atoms with Crippen LogP contribution in [0.3, 0.4) is 0 Å². The van der Waals surface area contributed by atoms with E-state index in [2.05, 4.69) is 52.6 Å². The summed E-state index contributed by atoms with van der Waals surface area (Å²) in [7, 11) is -1.93. The van der Waals surface area contributed by atoms with Gasteiger partial charge in [-0.15, -0.1) is 6.58 Å². The quantitative estimate of drug-likeness (QED) is 0.386. The van der Waals surface area contributed by atoms with Gasteiger partial charge >= 0.3 is 6.09 Å². The van der Waals surface area contributed by atoms with Crippen LogP contribution in [0, 0.1) is 11.8 Å². The molecule has 5 heteroatoms. The molecule has 0 spiro atoms. The minimum absolute atomic E-state index is 0.0213. The van der Waals surface area contributed by atoms with Crippen LogP contribution in [0.5, 0.6) is 0 Å². The number of rotatable bonds is 7. The van der Waals surface area contributed by atoms with Crippen LogP contribution in [0.15, 0.2) is 55.1 Å². The Kier molecular flexibility index (Phi) is 6.93. The second kappa shape index (κ2) is 9.11. The van der Waals surface area contributed by atoms with Gasteiger partial charge in [0.1, 0.15) is 6.61 Å². The first-order chi connectivity index (χ1) is 14.1. The third-order valence-electron chi connectivity index (χ3n) is 6.95. The largest absolute Gasteiger partial charge is 0.445 e. The maximum Gasteiger partial charge on any atom is 0.410 e. The van der Waals surface area contributed by atoms with Crippen molar-refractivity contribution in [2.45, 2.75) is 70.5 Å². The number of fused-ring (bicyclic) bond motifs is 2. The lowest BCUT2D eigenvalue weighted by molar-refractivity contribution is 0.00219. The van der Waals surface area contributed by atoms with Crippen molar-refractivity contribution in [2.75, 3.05) is 6.54 Å². The Hall–Kier alpha value is -1.85. The lowest BCUT2D eigenvalue weighted by Gasteiger charge is -2.50. The van der Waals surface area contributed by atoms with Gasteiger partial charge in [0.05, 0.1) is 12.1 Å². The Labute approximate surface area is 183 Å². The monoisotopic (exact) mass is 427 g/mol. The second-order valence-electron chi connectivity index (χ2n) is 10.2. The third kappa shape index (κ3) is 5.06. The Bertz CT molecular complexity index is 768. The van der Waals surface area contributed by atoms with Crippen molar-refractivity contribution in [1.82, 2.24) is 4.90 Å². The number of hydrogen-bond acceptors (Lipinski definition) is 3. The van der Waals surface area contributed by atoms with Gasteiger partial charge in [-0.05, 0) is 42.5 Å². The minimum atomic E-state index is -1.93. The molecule has 1 aromatic carbocycles. The summed E-state index contributed by atoms with van der Waals surface area (Å²) in [6, 6.07) is 9.86.